The van der Waals surface area contributed by atoms with Gasteiger partial charge in [0, 0.05) is 13.0 Å². The fourth-order valence-electron chi connectivity index (χ4n) is 5.92. The molecule has 0 spiro atoms. The van der Waals surface area contributed by atoms with Gasteiger partial charge in [0.1, 0.15) is 11.8 Å². The molecule has 3 atom stereocenters. The Balaban J connectivity index is 1.98. The standard InChI is InChI=1S/C33H40N4O4/c1-22-12-10-15-25(18-22)29-19-26(24-13-8-7-9-14-24)20-30(31(39)36(29)37(23(2)38)33(3,4)5)35(32(34)40)27-16-11-17-28(21-27)41-6/h7-18,21,26,29-30H,19-20H2,1-6H3,(H2,34,40)/t26-,29?,30-/m1/s1. The molecule has 0 aliphatic carbocycles. The summed E-state index contributed by atoms with van der Waals surface area (Å²) in [5.41, 5.74) is 8.75. The molecule has 0 bridgehead atoms. The van der Waals surface area contributed by atoms with E-state index >= 15 is 0 Å². The molecule has 0 radical (unpaired) electrons. The number of primary amides is 1. The van der Waals surface area contributed by atoms with Crippen molar-refractivity contribution in [2.75, 3.05) is 12.0 Å². The van der Waals surface area contributed by atoms with Gasteiger partial charge in [0.25, 0.3) is 5.91 Å². The number of rotatable bonds is 6. The summed E-state index contributed by atoms with van der Waals surface area (Å²) in [5.74, 6) is -0.236. The number of amides is 4. The van der Waals surface area contributed by atoms with Crippen molar-refractivity contribution in [2.45, 2.75) is 71.0 Å². The lowest BCUT2D eigenvalue weighted by Crippen LogP contribution is -2.62. The molecular formula is C33H40N4O4. The van der Waals surface area contributed by atoms with Crippen molar-refractivity contribution < 1.29 is 19.1 Å². The Morgan fingerprint density at radius 1 is 0.927 bits per heavy atom. The SMILES string of the molecule is COc1cccc(N(C(N)=O)[C@@H]2C[C@H](c3ccccc3)CC(c3cccc(C)c3)N(N(C(C)=O)C(C)(C)C)C2=O)c1. The van der Waals surface area contributed by atoms with Crippen LogP contribution in [0.15, 0.2) is 78.9 Å². The molecule has 41 heavy (non-hydrogen) atoms. The monoisotopic (exact) mass is 556 g/mol. The first-order valence-corrected chi connectivity index (χ1v) is 13.9. The molecule has 4 amide bonds. The van der Waals surface area contributed by atoms with Gasteiger partial charge in [-0.2, -0.15) is 0 Å². The maximum absolute atomic E-state index is 14.9. The number of methoxy groups -OCH3 is 1. The average molecular weight is 557 g/mol. The minimum Gasteiger partial charge on any atom is -0.497 e. The molecule has 1 aliphatic heterocycles. The van der Waals surface area contributed by atoms with Gasteiger partial charge in [-0.15, -0.1) is 0 Å². The fourth-order valence-corrected chi connectivity index (χ4v) is 5.92. The number of hydrazine groups is 1. The smallest absolute Gasteiger partial charge is 0.320 e. The zero-order chi connectivity index (χ0) is 29.9. The van der Waals surface area contributed by atoms with E-state index in [1.807, 2.05) is 76.2 Å². The molecule has 2 N–H and O–H groups in total. The number of carbonyl (C=O) groups is 3. The van der Waals surface area contributed by atoms with Gasteiger partial charge in [-0.05, 0) is 69.7 Å². The van der Waals surface area contributed by atoms with Gasteiger partial charge >= 0.3 is 6.03 Å². The lowest BCUT2D eigenvalue weighted by atomic mass is 9.86. The number of hydrogen-bond acceptors (Lipinski definition) is 4. The minimum atomic E-state index is -0.983. The summed E-state index contributed by atoms with van der Waals surface area (Å²) in [5, 5.41) is 3.12. The molecule has 1 saturated heterocycles. The van der Waals surface area contributed by atoms with Crippen LogP contribution in [0.2, 0.25) is 0 Å². The first-order valence-electron chi connectivity index (χ1n) is 13.9. The molecule has 3 aromatic rings. The Hall–Kier alpha value is -4.33. The van der Waals surface area contributed by atoms with Crippen LogP contribution in [-0.2, 0) is 9.59 Å². The first-order chi connectivity index (χ1) is 19.4. The summed E-state index contributed by atoms with van der Waals surface area (Å²) in [6.45, 7) is 9.18. The highest BCUT2D eigenvalue weighted by molar-refractivity contribution is 6.00. The predicted octanol–water partition coefficient (Wildman–Crippen LogP) is 5.97. The maximum atomic E-state index is 14.9. The van der Waals surface area contributed by atoms with E-state index in [2.05, 4.69) is 6.07 Å². The topological polar surface area (TPSA) is 96.2 Å². The number of anilines is 1. The maximum Gasteiger partial charge on any atom is 0.320 e. The Morgan fingerprint density at radius 3 is 2.17 bits per heavy atom. The van der Waals surface area contributed by atoms with Gasteiger partial charge in [-0.1, -0.05) is 66.2 Å². The number of hydrogen-bond donors (Lipinski definition) is 1. The van der Waals surface area contributed by atoms with Crippen LogP contribution < -0.4 is 15.4 Å². The van der Waals surface area contributed by atoms with Gasteiger partial charge < -0.3 is 10.5 Å². The van der Waals surface area contributed by atoms with E-state index in [9.17, 15) is 14.4 Å². The predicted molar refractivity (Wildman–Crippen MR) is 160 cm³/mol. The van der Waals surface area contributed by atoms with Crippen LogP contribution in [0.3, 0.4) is 0 Å². The number of urea groups is 1. The first kappa shape index (κ1) is 29.6. The lowest BCUT2D eigenvalue weighted by Gasteiger charge is -2.47. The zero-order valence-corrected chi connectivity index (χ0v) is 24.7. The fraction of sp³-hybridized carbons (Fsp3) is 0.364. The highest BCUT2D eigenvalue weighted by Crippen LogP contribution is 2.43. The van der Waals surface area contributed by atoms with Gasteiger partial charge in [-0.25, -0.2) is 14.8 Å². The van der Waals surface area contributed by atoms with Crippen molar-refractivity contribution in [3.63, 3.8) is 0 Å². The van der Waals surface area contributed by atoms with Gasteiger partial charge in [-0.3, -0.25) is 14.5 Å². The summed E-state index contributed by atoms with van der Waals surface area (Å²) in [4.78, 5) is 42.7. The van der Waals surface area contributed by atoms with E-state index in [0.717, 1.165) is 16.7 Å². The third-order valence-electron chi connectivity index (χ3n) is 7.55. The Morgan fingerprint density at radius 2 is 1.59 bits per heavy atom. The summed E-state index contributed by atoms with van der Waals surface area (Å²) >= 11 is 0. The molecule has 8 heteroatoms. The molecule has 1 unspecified atom stereocenters. The van der Waals surface area contributed by atoms with E-state index in [-0.39, 0.29) is 17.7 Å². The van der Waals surface area contributed by atoms with E-state index in [1.54, 1.807) is 29.3 Å². The number of ether oxygens (including phenoxy) is 1. The number of aryl methyl sites for hydroxylation is 1. The van der Waals surface area contributed by atoms with Crippen molar-refractivity contribution in [3.8, 4) is 5.75 Å². The second-order valence-corrected chi connectivity index (χ2v) is 11.6. The third kappa shape index (κ3) is 6.37. The van der Waals surface area contributed by atoms with Crippen LogP contribution >= 0.6 is 0 Å². The Bertz CT molecular complexity index is 1400. The van der Waals surface area contributed by atoms with Crippen LogP contribution in [0.4, 0.5) is 10.5 Å². The molecule has 4 rings (SSSR count). The average Bonchev–Trinajstić information content (AvgIpc) is 3.06. The molecular weight excluding hydrogens is 516 g/mol. The third-order valence-corrected chi connectivity index (χ3v) is 7.55. The molecule has 3 aromatic carbocycles. The largest absolute Gasteiger partial charge is 0.497 e. The minimum absolute atomic E-state index is 0.123. The normalized spacial score (nSPS) is 19.3. The van der Waals surface area contributed by atoms with Crippen molar-refractivity contribution in [3.05, 3.63) is 95.6 Å². The highest BCUT2D eigenvalue weighted by atomic mass is 16.5. The van der Waals surface area contributed by atoms with Crippen molar-refractivity contribution in [1.82, 2.24) is 10.0 Å². The van der Waals surface area contributed by atoms with Crippen LogP contribution in [0.1, 0.15) is 69.2 Å². The Labute approximate surface area is 242 Å². The molecule has 1 fully saturated rings. The van der Waals surface area contributed by atoms with E-state index in [4.69, 9.17) is 10.5 Å². The molecule has 1 aliphatic rings. The molecule has 0 saturated carbocycles. The second-order valence-electron chi connectivity index (χ2n) is 11.6. The van der Waals surface area contributed by atoms with Crippen LogP contribution in [0, 0.1) is 6.92 Å². The lowest BCUT2D eigenvalue weighted by molar-refractivity contribution is -0.181. The number of nitrogens with two attached hydrogens (primary N) is 1. The van der Waals surface area contributed by atoms with E-state index in [1.165, 1.54) is 23.9 Å². The van der Waals surface area contributed by atoms with Crippen LogP contribution in [-0.4, -0.2) is 46.6 Å². The van der Waals surface area contributed by atoms with Crippen molar-refractivity contribution in [2.24, 2.45) is 5.73 Å². The number of benzene rings is 3. The summed E-state index contributed by atoms with van der Waals surface area (Å²) in [6.07, 6.45) is 0.859. The molecule has 0 aromatic heterocycles. The molecule has 1 heterocycles. The van der Waals surface area contributed by atoms with Crippen LogP contribution in [0.25, 0.3) is 0 Å². The van der Waals surface area contributed by atoms with Gasteiger partial charge in [0.05, 0.1) is 24.4 Å². The summed E-state index contributed by atoms with van der Waals surface area (Å²) in [7, 11) is 1.54. The molecule has 216 valence electrons. The van der Waals surface area contributed by atoms with E-state index < -0.39 is 23.7 Å². The van der Waals surface area contributed by atoms with Gasteiger partial charge in [0.15, 0.2) is 0 Å². The van der Waals surface area contributed by atoms with E-state index in [0.29, 0.717) is 24.3 Å². The second kappa shape index (κ2) is 12.0. The summed E-state index contributed by atoms with van der Waals surface area (Å²) < 4.78 is 5.41. The Kier molecular flexibility index (Phi) is 8.71. The summed E-state index contributed by atoms with van der Waals surface area (Å²) in [6, 6.07) is 22.7. The highest BCUT2D eigenvalue weighted by Gasteiger charge is 2.47. The van der Waals surface area contributed by atoms with Gasteiger partial charge in [0.2, 0.25) is 5.91 Å². The van der Waals surface area contributed by atoms with Crippen molar-refractivity contribution in [1.29, 1.82) is 0 Å². The quantitative estimate of drug-likeness (QED) is 0.405. The number of nitrogens with zero attached hydrogens (tertiary/aromatic N) is 3. The zero-order valence-electron chi connectivity index (χ0n) is 24.7. The molecule has 8 nitrogen and oxygen atoms in total. The van der Waals surface area contributed by atoms with Crippen molar-refractivity contribution >= 4 is 23.5 Å². The number of carbonyl (C=O) groups excluding carboxylic acids is 3. The van der Waals surface area contributed by atoms with Crippen LogP contribution in [0.5, 0.6) is 5.75 Å².